The van der Waals surface area contributed by atoms with E-state index in [9.17, 15) is 9.90 Å². The van der Waals surface area contributed by atoms with Crippen LogP contribution in [0.1, 0.15) is 107 Å². The van der Waals surface area contributed by atoms with Crippen LogP contribution in [-0.4, -0.2) is 11.1 Å². The molecule has 160 valence electrons. The second-order valence-electron chi connectivity index (χ2n) is 10.6. The Morgan fingerprint density at radius 1 is 0.786 bits per heavy atom. The highest BCUT2D eigenvalue weighted by Gasteiger charge is 2.26. The van der Waals surface area contributed by atoms with Gasteiger partial charge in [0.05, 0.1) is 5.41 Å². The highest BCUT2D eigenvalue weighted by Crippen LogP contribution is 2.29. The number of carboxylic acid groups (broad SMARTS) is 1. The van der Waals surface area contributed by atoms with Gasteiger partial charge in [0.2, 0.25) is 0 Å². The third kappa shape index (κ3) is 7.97. The van der Waals surface area contributed by atoms with E-state index in [4.69, 9.17) is 0 Å². The van der Waals surface area contributed by atoms with E-state index in [1.807, 2.05) is 13.8 Å². The Morgan fingerprint density at radius 2 is 1.32 bits per heavy atom. The normalized spacial score (nSPS) is 12.4. The minimum absolute atomic E-state index is 0.421. The highest BCUT2D eigenvalue weighted by molar-refractivity contribution is 5.73. The molecule has 2 heteroatoms. The first kappa shape index (κ1) is 24.7. The van der Waals surface area contributed by atoms with E-state index in [0.29, 0.717) is 5.41 Å². The molecule has 1 aromatic carbocycles. The summed E-state index contributed by atoms with van der Waals surface area (Å²) in [5.74, 6) is -0.685. The van der Waals surface area contributed by atoms with E-state index < -0.39 is 11.4 Å². The van der Waals surface area contributed by atoms with Crippen molar-refractivity contribution >= 4 is 5.97 Å². The van der Waals surface area contributed by atoms with Crippen molar-refractivity contribution < 1.29 is 9.90 Å². The van der Waals surface area contributed by atoms with Crippen molar-refractivity contribution in [2.24, 2.45) is 10.8 Å². The van der Waals surface area contributed by atoms with Crippen LogP contribution >= 0.6 is 0 Å². The third-order valence-electron chi connectivity index (χ3n) is 6.23. The van der Waals surface area contributed by atoms with Crippen LogP contribution in [0.4, 0.5) is 0 Å². The standard InChI is InChI=1S/C26H44O2/c1-19-18-20(2)22(14-10-9-12-17-26(7,8)24(27)28)23(21(19)3)15-11-13-16-25(4,5)6/h18H,9-17H2,1-8H3,(H,27,28). The van der Waals surface area contributed by atoms with Crippen LogP contribution in [0.2, 0.25) is 0 Å². The van der Waals surface area contributed by atoms with Gasteiger partial charge in [0.25, 0.3) is 0 Å². The molecule has 0 bridgehead atoms. The highest BCUT2D eigenvalue weighted by atomic mass is 16.4. The lowest BCUT2D eigenvalue weighted by Gasteiger charge is -2.21. The molecule has 1 rings (SSSR count). The lowest BCUT2D eigenvalue weighted by Crippen LogP contribution is -2.23. The molecule has 0 unspecified atom stereocenters. The maximum absolute atomic E-state index is 11.3. The fourth-order valence-electron chi connectivity index (χ4n) is 4.02. The summed E-state index contributed by atoms with van der Waals surface area (Å²) >= 11 is 0. The first-order chi connectivity index (χ1) is 12.8. The van der Waals surface area contributed by atoms with Crippen LogP contribution in [0.5, 0.6) is 0 Å². The number of unbranched alkanes of at least 4 members (excludes halogenated alkanes) is 3. The lowest BCUT2D eigenvalue weighted by atomic mass is 9.84. The molecule has 0 aliphatic carbocycles. The minimum atomic E-state index is -0.685. The van der Waals surface area contributed by atoms with Crippen molar-refractivity contribution in [3.63, 3.8) is 0 Å². The summed E-state index contributed by atoms with van der Waals surface area (Å²) in [5, 5.41) is 9.26. The largest absolute Gasteiger partial charge is 0.481 e. The number of carbonyl (C=O) groups is 1. The molecule has 0 aromatic heterocycles. The molecule has 0 fully saturated rings. The molecule has 0 amide bonds. The second-order valence-corrected chi connectivity index (χ2v) is 10.6. The number of hydrogen-bond donors (Lipinski definition) is 1. The summed E-state index contributed by atoms with van der Waals surface area (Å²) in [7, 11) is 0. The maximum atomic E-state index is 11.3. The topological polar surface area (TPSA) is 37.3 Å². The van der Waals surface area contributed by atoms with Crippen LogP contribution in [0.25, 0.3) is 0 Å². The van der Waals surface area contributed by atoms with Crippen molar-refractivity contribution in [3.8, 4) is 0 Å². The molecule has 0 aliphatic heterocycles. The Hall–Kier alpha value is -1.31. The summed E-state index contributed by atoms with van der Waals surface area (Å²) in [4.78, 5) is 11.3. The molecule has 0 heterocycles. The predicted octanol–water partition coefficient (Wildman–Crippen LogP) is 7.58. The van der Waals surface area contributed by atoms with Gasteiger partial charge in [-0.1, -0.05) is 46.1 Å². The van der Waals surface area contributed by atoms with Crippen LogP contribution in [0, 0.1) is 31.6 Å². The van der Waals surface area contributed by atoms with Gasteiger partial charge in [0.15, 0.2) is 0 Å². The van der Waals surface area contributed by atoms with Crippen molar-refractivity contribution in [2.75, 3.05) is 0 Å². The Balaban J connectivity index is 2.69. The average molecular weight is 389 g/mol. The number of aryl methyl sites for hydroxylation is 2. The summed E-state index contributed by atoms with van der Waals surface area (Å²) in [6.07, 6.45) is 10.1. The quantitative estimate of drug-likeness (QED) is 0.397. The van der Waals surface area contributed by atoms with E-state index in [2.05, 4.69) is 47.6 Å². The number of benzene rings is 1. The fraction of sp³-hybridized carbons (Fsp3) is 0.731. The van der Waals surface area contributed by atoms with Gasteiger partial charge < -0.3 is 5.11 Å². The Kier molecular flexibility index (Phi) is 9.24. The smallest absolute Gasteiger partial charge is 0.309 e. The van der Waals surface area contributed by atoms with E-state index in [1.165, 1.54) is 42.4 Å². The first-order valence-electron chi connectivity index (χ1n) is 11.2. The van der Waals surface area contributed by atoms with Crippen molar-refractivity contribution in [1.82, 2.24) is 0 Å². The molecule has 1 N–H and O–H groups in total. The number of hydrogen-bond acceptors (Lipinski definition) is 1. The van der Waals surface area contributed by atoms with Crippen LogP contribution in [0.3, 0.4) is 0 Å². The minimum Gasteiger partial charge on any atom is -0.481 e. The summed E-state index contributed by atoms with van der Waals surface area (Å²) in [5.41, 5.74) is 7.27. The van der Waals surface area contributed by atoms with Crippen LogP contribution in [0.15, 0.2) is 6.07 Å². The van der Waals surface area contributed by atoms with Gasteiger partial charge in [-0.05, 0) is 106 Å². The predicted molar refractivity (Wildman–Crippen MR) is 121 cm³/mol. The van der Waals surface area contributed by atoms with Gasteiger partial charge >= 0.3 is 5.97 Å². The molecule has 28 heavy (non-hydrogen) atoms. The zero-order valence-corrected chi connectivity index (χ0v) is 19.8. The van der Waals surface area contributed by atoms with Gasteiger partial charge in [0.1, 0.15) is 0 Å². The summed E-state index contributed by atoms with van der Waals surface area (Å²) < 4.78 is 0. The zero-order valence-electron chi connectivity index (χ0n) is 19.8. The second kappa shape index (κ2) is 10.5. The molecule has 2 nitrogen and oxygen atoms in total. The van der Waals surface area contributed by atoms with Crippen molar-refractivity contribution in [1.29, 1.82) is 0 Å². The van der Waals surface area contributed by atoms with Crippen LogP contribution in [-0.2, 0) is 17.6 Å². The van der Waals surface area contributed by atoms with Gasteiger partial charge in [-0.2, -0.15) is 0 Å². The molecule has 0 saturated heterocycles. The fourth-order valence-corrected chi connectivity index (χ4v) is 4.02. The van der Waals surface area contributed by atoms with Crippen LogP contribution < -0.4 is 0 Å². The number of aliphatic carboxylic acids is 1. The Bertz CT molecular complexity index is 647. The summed E-state index contributed by atoms with van der Waals surface area (Å²) in [6, 6.07) is 2.34. The van der Waals surface area contributed by atoms with E-state index in [1.54, 1.807) is 11.1 Å². The van der Waals surface area contributed by atoms with Gasteiger partial charge in [-0.25, -0.2) is 0 Å². The number of carboxylic acids is 1. The molecule has 0 saturated carbocycles. The van der Waals surface area contributed by atoms with Crippen molar-refractivity contribution in [2.45, 2.75) is 113 Å². The average Bonchev–Trinajstić information content (AvgIpc) is 2.56. The van der Waals surface area contributed by atoms with E-state index in [-0.39, 0.29) is 0 Å². The molecule has 0 aliphatic rings. The molecule has 0 radical (unpaired) electrons. The Morgan fingerprint density at radius 3 is 1.89 bits per heavy atom. The monoisotopic (exact) mass is 388 g/mol. The SMILES string of the molecule is Cc1cc(C)c(CCCCCC(C)(C)C(=O)O)c(CCCCC(C)(C)C)c1C. The van der Waals surface area contributed by atoms with Gasteiger partial charge in [-0.15, -0.1) is 0 Å². The molecule has 0 spiro atoms. The summed E-state index contributed by atoms with van der Waals surface area (Å²) in [6.45, 7) is 17.4. The molecular formula is C26H44O2. The maximum Gasteiger partial charge on any atom is 0.309 e. The third-order valence-corrected chi connectivity index (χ3v) is 6.23. The number of rotatable bonds is 11. The molecule has 0 atom stereocenters. The lowest BCUT2D eigenvalue weighted by molar-refractivity contribution is -0.147. The van der Waals surface area contributed by atoms with Gasteiger partial charge in [0, 0.05) is 0 Å². The molecule has 1 aromatic rings. The van der Waals surface area contributed by atoms with Gasteiger partial charge in [-0.3, -0.25) is 4.79 Å². The molecular weight excluding hydrogens is 344 g/mol. The Labute approximate surface area is 174 Å². The van der Waals surface area contributed by atoms with Crippen molar-refractivity contribution in [3.05, 3.63) is 33.9 Å². The van der Waals surface area contributed by atoms with E-state index >= 15 is 0 Å². The van der Waals surface area contributed by atoms with E-state index in [0.717, 1.165) is 32.1 Å². The first-order valence-corrected chi connectivity index (χ1v) is 11.2. The zero-order chi connectivity index (χ0) is 21.5.